The van der Waals surface area contributed by atoms with Crippen LogP contribution in [-0.2, 0) is 28.8 Å². The topological polar surface area (TPSA) is 216 Å². The van der Waals surface area contributed by atoms with E-state index in [4.69, 9.17) is 15.9 Å². The maximum absolute atomic E-state index is 12.8. The number of carbonyl (C=O) groups excluding carboxylic acids is 3. The monoisotopic (exact) mass is 476 g/mol. The quantitative estimate of drug-likeness (QED) is 0.145. The Labute approximate surface area is 189 Å². The molecule has 0 aromatic carbocycles. The largest absolute Gasteiger partial charge is 0.481 e. The van der Waals surface area contributed by atoms with Crippen LogP contribution in [0.5, 0.6) is 0 Å². The number of hydrogen-bond acceptors (Lipinski definition) is 8. The summed E-state index contributed by atoms with van der Waals surface area (Å²) in [5.41, 5.74) is 5.70. The summed E-state index contributed by atoms with van der Waals surface area (Å²) >= 11 is 3.97. The van der Waals surface area contributed by atoms with Crippen molar-refractivity contribution in [3.05, 3.63) is 0 Å². The summed E-state index contributed by atoms with van der Waals surface area (Å²) in [4.78, 5) is 72.0. The van der Waals surface area contributed by atoms with Crippen molar-refractivity contribution in [2.45, 2.75) is 62.7 Å². The van der Waals surface area contributed by atoms with Gasteiger partial charge in [0, 0.05) is 25.1 Å². The third-order valence-corrected chi connectivity index (χ3v) is 5.29. The lowest BCUT2D eigenvalue weighted by atomic mass is 10.1. The van der Waals surface area contributed by atoms with Gasteiger partial charge in [-0.3, -0.25) is 24.0 Å². The number of aliphatic carboxylic acids is 3. The number of nitrogens with one attached hydrogen (secondary N) is 2. The van der Waals surface area contributed by atoms with Crippen molar-refractivity contribution in [3.8, 4) is 0 Å². The van der Waals surface area contributed by atoms with E-state index in [0.29, 0.717) is 12.8 Å². The minimum absolute atomic E-state index is 0.0697. The Kier molecular flexibility index (Phi) is 10.9. The third-order valence-electron chi connectivity index (χ3n) is 4.89. The van der Waals surface area contributed by atoms with Crippen molar-refractivity contribution in [2.24, 2.45) is 5.73 Å². The van der Waals surface area contributed by atoms with Gasteiger partial charge in [-0.15, -0.1) is 0 Å². The number of rotatable bonds is 13. The number of amides is 3. The zero-order valence-electron chi connectivity index (χ0n) is 17.2. The predicted octanol–water partition coefficient (Wildman–Crippen LogP) is -1.98. The van der Waals surface area contributed by atoms with Crippen LogP contribution in [0.1, 0.15) is 38.5 Å². The molecule has 0 aliphatic carbocycles. The molecule has 0 radical (unpaired) electrons. The Morgan fingerprint density at radius 3 is 2.03 bits per heavy atom. The van der Waals surface area contributed by atoms with Crippen LogP contribution in [0.2, 0.25) is 0 Å². The highest BCUT2D eigenvalue weighted by Gasteiger charge is 2.37. The number of carbonyl (C=O) groups is 6. The van der Waals surface area contributed by atoms with Gasteiger partial charge in [0.05, 0.1) is 6.04 Å². The van der Waals surface area contributed by atoms with Gasteiger partial charge in [-0.05, 0) is 25.7 Å². The first-order valence-electron chi connectivity index (χ1n) is 9.92. The fraction of sp³-hybridized carbons (Fsp3) is 0.667. The molecule has 0 saturated carbocycles. The molecule has 1 rings (SSSR count). The molecular formula is C18H28N4O9S. The Hall–Kier alpha value is -2.87. The molecule has 32 heavy (non-hydrogen) atoms. The number of carboxylic acids is 3. The second-order valence-corrected chi connectivity index (χ2v) is 7.67. The van der Waals surface area contributed by atoms with Gasteiger partial charge in [-0.25, -0.2) is 4.79 Å². The van der Waals surface area contributed by atoms with Crippen LogP contribution in [0, 0.1) is 0 Å². The number of carboxylic acid groups (broad SMARTS) is 3. The van der Waals surface area contributed by atoms with Gasteiger partial charge in [0.25, 0.3) is 0 Å². The Morgan fingerprint density at radius 2 is 1.53 bits per heavy atom. The molecule has 3 amide bonds. The van der Waals surface area contributed by atoms with E-state index in [1.54, 1.807) is 0 Å². The van der Waals surface area contributed by atoms with Crippen molar-refractivity contribution < 1.29 is 44.1 Å². The van der Waals surface area contributed by atoms with Crippen molar-refractivity contribution in [2.75, 3.05) is 12.3 Å². The van der Waals surface area contributed by atoms with Crippen molar-refractivity contribution >= 4 is 48.3 Å². The Balaban J connectivity index is 2.93. The average Bonchev–Trinajstić information content (AvgIpc) is 3.21. The minimum Gasteiger partial charge on any atom is -0.481 e. The molecule has 4 unspecified atom stereocenters. The smallest absolute Gasteiger partial charge is 0.326 e. The molecule has 1 aliphatic rings. The highest BCUT2D eigenvalue weighted by Crippen LogP contribution is 2.19. The first-order chi connectivity index (χ1) is 15.0. The second kappa shape index (κ2) is 12.9. The van der Waals surface area contributed by atoms with Gasteiger partial charge in [0.2, 0.25) is 17.7 Å². The molecule has 1 aliphatic heterocycles. The van der Waals surface area contributed by atoms with Gasteiger partial charge < -0.3 is 36.6 Å². The number of likely N-dealkylation sites (tertiary alicyclic amines) is 1. The van der Waals surface area contributed by atoms with Gasteiger partial charge in [0.1, 0.15) is 18.1 Å². The van der Waals surface area contributed by atoms with E-state index in [1.807, 2.05) is 0 Å². The molecule has 7 N–H and O–H groups in total. The molecule has 0 aromatic heterocycles. The molecule has 14 heteroatoms. The summed E-state index contributed by atoms with van der Waals surface area (Å²) in [6, 6.07) is -4.78. The lowest BCUT2D eigenvalue weighted by Crippen LogP contribution is -2.56. The number of nitrogens with zero attached hydrogens (tertiary/aromatic N) is 1. The van der Waals surface area contributed by atoms with Crippen LogP contribution in [-0.4, -0.2) is 92.3 Å². The summed E-state index contributed by atoms with van der Waals surface area (Å²) < 4.78 is 0. The minimum atomic E-state index is -1.54. The summed E-state index contributed by atoms with van der Waals surface area (Å²) in [6.45, 7) is 0.278. The number of nitrogens with two attached hydrogens (primary N) is 1. The summed E-state index contributed by atoms with van der Waals surface area (Å²) in [7, 11) is 0. The van der Waals surface area contributed by atoms with E-state index in [-0.39, 0.29) is 18.7 Å². The maximum Gasteiger partial charge on any atom is 0.326 e. The standard InChI is InChI=1S/C18H28N4O9S/c19-9(8-32)17(29)22-7-1-2-12(22)16(28)20-10(3-5-13(23)24)15(27)21-11(18(30)31)4-6-14(25)26/h9-12,32H,1-8,19H2,(H,20,28)(H,21,27)(H,23,24)(H,25,26)(H,30,31). The highest BCUT2D eigenvalue weighted by atomic mass is 32.1. The molecule has 1 fully saturated rings. The lowest BCUT2D eigenvalue weighted by molar-refractivity contribution is -0.144. The Bertz CT molecular complexity index is 748. The van der Waals surface area contributed by atoms with E-state index in [9.17, 15) is 33.9 Å². The molecular weight excluding hydrogens is 448 g/mol. The SMILES string of the molecule is NC(CS)C(=O)N1CCCC1C(=O)NC(CCC(=O)O)C(=O)NC(CCC(=O)O)C(=O)O. The van der Waals surface area contributed by atoms with Gasteiger partial charge >= 0.3 is 17.9 Å². The Morgan fingerprint density at radius 1 is 0.969 bits per heavy atom. The van der Waals surface area contributed by atoms with Crippen LogP contribution in [0.4, 0.5) is 0 Å². The van der Waals surface area contributed by atoms with E-state index in [1.165, 1.54) is 4.90 Å². The lowest BCUT2D eigenvalue weighted by Gasteiger charge is -2.28. The molecule has 1 saturated heterocycles. The summed E-state index contributed by atoms with van der Waals surface area (Å²) in [6.07, 6.45) is -0.930. The van der Waals surface area contributed by atoms with Crippen molar-refractivity contribution in [1.82, 2.24) is 15.5 Å². The number of hydrogen-bond donors (Lipinski definition) is 7. The van der Waals surface area contributed by atoms with E-state index < -0.39 is 79.1 Å². The predicted molar refractivity (Wildman–Crippen MR) is 112 cm³/mol. The average molecular weight is 477 g/mol. The molecule has 4 atom stereocenters. The van der Waals surface area contributed by atoms with Crippen molar-refractivity contribution in [1.29, 1.82) is 0 Å². The van der Waals surface area contributed by atoms with Crippen LogP contribution in [0.3, 0.4) is 0 Å². The van der Waals surface area contributed by atoms with Crippen LogP contribution in [0.25, 0.3) is 0 Å². The normalized spacial score (nSPS) is 18.3. The van der Waals surface area contributed by atoms with Crippen LogP contribution >= 0.6 is 12.6 Å². The zero-order valence-corrected chi connectivity index (χ0v) is 18.1. The second-order valence-electron chi connectivity index (χ2n) is 7.30. The van der Waals surface area contributed by atoms with Crippen LogP contribution < -0.4 is 16.4 Å². The zero-order chi connectivity index (χ0) is 24.4. The number of thiol groups is 1. The molecule has 0 bridgehead atoms. The highest BCUT2D eigenvalue weighted by molar-refractivity contribution is 7.80. The fourth-order valence-electron chi connectivity index (χ4n) is 3.20. The van der Waals surface area contributed by atoms with Gasteiger partial charge in [-0.2, -0.15) is 12.6 Å². The van der Waals surface area contributed by atoms with Gasteiger partial charge in [-0.1, -0.05) is 0 Å². The molecule has 180 valence electrons. The first-order valence-corrected chi connectivity index (χ1v) is 10.5. The molecule has 1 heterocycles. The van der Waals surface area contributed by atoms with E-state index >= 15 is 0 Å². The summed E-state index contributed by atoms with van der Waals surface area (Å²) in [5.74, 6) is -6.06. The molecule has 0 aromatic rings. The first kappa shape index (κ1) is 27.2. The third kappa shape index (κ3) is 8.34. The fourth-order valence-corrected chi connectivity index (χ4v) is 3.35. The molecule has 13 nitrogen and oxygen atoms in total. The van der Waals surface area contributed by atoms with E-state index in [0.717, 1.165) is 0 Å². The van der Waals surface area contributed by atoms with Gasteiger partial charge in [0.15, 0.2) is 0 Å². The summed E-state index contributed by atoms with van der Waals surface area (Å²) in [5, 5.41) is 31.4. The van der Waals surface area contributed by atoms with E-state index in [2.05, 4.69) is 23.3 Å². The van der Waals surface area contributed by atoms with Crippen LogP contribution in [0.15, 0.2) is 0 Å². The molecule has 0 spiro atoms. The maximum atomic E-state index is 12.8. The van der Waals surface area contributed by atoms with Crippen molar-refractivity contribution in [3.63, 3.8) is 0 Å².